The molecular weight excluding hydrogens is 132 g/mol. The standard InChI is InChI=1S/C6H14N2O2/c9-8(10)7-6-4-2-1-3-5-6/h6-7,9-10H,1-5H2. The highest BCUT2D eigenvalue weighted by molar-refractivity contribution is 4.68. The first-order chi connectivity index (χ1) is 4.79. The van der Waals surface area contributed by atoms with Gasteiger partial charge in [-0.15, -0.1) is 0 Å². The molecule has 0 amide bonds. The molecule has 1 aliphatic rings. The van der Waals surface area contributed by atoms with Gasteiger partial charge in [0.05, 0.1) is 0 Å². The van der Waals surface area contributed by atoms with Gasteiger partial charge in [-0.2, -0.15) is 0 Å². The van der Waals surface area contributed by atoms with Crippen molar-refractivity contribution >= 4 is 0 Å². The van der Waals surface area contributed by atoms with Crippen LogP contribution in [0.15, 0.2) is 0 Å². The number of nitrogens with zero attached hydrogens (tertiary/aromatic N) is 1. The quantitative estimate of drug-likeness (QED) is 0.507. The van der Waals surface area contributed by atoms with Crippen molar-refractivity contribution in [3.05, 3.63) is 0 Å². The first-order valence-corrected chi connectivity index (χ1v) is 3.73. The third kappa shape index (κ3) is 2.62. The highest BCUT2D eigenvalue weighted by Gasteiger charge is 2.13. The average molecular weight is 146 g/mol. The van der Waals surface area contributed by atoms with Gasteiger partial charge in [0.1, 0.15) is 0 Å². The molecule has 0 saturated heterocycles. The van der Waals surface area contributed by atoms with E-state index < -0.39 is 0 Å². The molecule has 1 saturated carbocycles. The fourth-order valence-electron chi connectivity index (χ4n) is 1.39. The van der Waals surface area contributed by atoms with E-state index in [1.54, 1.807) is 0 Å². The Morgan fingerprint density at radius 2 is 1.70 bits per heavy atom. The van der Waals surface area contributed by atoms with Crippen LogP contribution in [0.4, 0.5) is 0 Å². The van der Waals surface area contributed by atoms with Crippen LogP contribution in [0, 0.1) is 0 Å². The fraction of sp³-hybridized carbons (Fsp3) is 1.00. The Kier molecular flexibility index (Phi) is 3.08. The van der Waals surface area contributed by atoms with Crippen LogP contribution in [0.3, 0.4) is 0 Å². The second-order valence-corrected chi connectivity index (χ2v) is 2.75. The summed E-state index contributed by atoms with van der Waals surface area (Å²) in [4.78, 5) is 0. The predicted molar refractivity (Wildman–Crippen MR) is 35.4 cm³/mol. The summed E-state index contributed by atoms with van der Waals surface area (Å²) in [6.45, 7) is 0. The van der Waals surface area contributed by atoms with Crippen LogP contribution >= 0.6 is 0 Å². The number of nitrogens with one attached hydrogen (secondary N) is 1. The summed E-state index contributed by atoms with van der Waals surface area (Å²) >= 11 is 0. The molecule has 0 aromatic carbocycles. The van der Waals surface area contributed by atoms with Gasteiger partial charge in [-0.25, -0.2) is 5.43 Å². The van der Waals surface area contributed by atoms with Crippen molar-refractivity contribution < 1.29 is 10.4 Å². The molecule has 1 fully saturated rings. The molecule has 0 heterocycles. The maximum atomic E-state index is 8.38. The Morgan fingerprint density at radius 3 is 2.20 bits per heavy atom. The Labute approximate surface area is 60.3 Å². The van der Waals surface area contributed by atoms with Gasteiger partial charge in [0, 0.05) is 11.4 Å². The fourth-order valence-corrected chi connectivity index (χ4v) is 1.39. The maximum absolute atomic E-state index is 8.38. The van der Waals surface area contributed by atoms with Crippen LogP contribution in [0.2, 0.25) is 0 Å². The number of hydrazine groups is 1. The molecule has 4 nitrogen and oxygen atoms in total. The molecule has 1 aliphatic carbocycles. The summed E-state index contributed by atoms with van der Waals surface area (Å²) in [5.41, 5.74) is 2.53. The van der Waals surface area contributed by atoms with Crippen molar-refractivity contribution in [3.63, 3.8) is 0 Å². The molecule has 0 aromatic rings. The van der Waals surface area contributed by atoms with Crippen LogP contribution in [0.1, 0.15) is 32.1 Å². The van der Waals surface area contributed by atoms with E-state index in [1.807, 2.05) is 0 Å². The Hall–Kier alpha value is -0.160. The molecule has 10 heavy (non-hydrogen) atoms. The first-order valence-electron chi connectivity index (χ1n) is 3.73. The minimum absolute atomic E-state index is 0.0655. The molecule has 3 N–H and O–H groups in total. The zero-order valence-corrected chi connectivity index (χ0v) is 5.95. The summed E-state index contributed by atoms with van der Waals surface area (Å²) in [6, 6.07) is 0.253. The summed E-state index contributed by atoms with van der Waals surface area (Å²) in [7, 11) is 0. The topological polar surface area (TPSA) is 55.7 Å². The van der Waals surface area contributed by atoms with E-state index >= 15 is 0 Å². The number of hydrogen-bond donors (Lipinski definition) is 3. The lowest BCUT2D eigenvalue weighted by Gasteiger charge is -2.23. The molecule has 0 spiro atoms. The van der Waals surface area contributed by atoms with Crippen LogP contribution in [-0.4, -0.2) is 21.8 Å². The maximum Gasteiger partial charge on any atom is 0.0260 e. The van der Waals surface area contributed by atoms with Crippen molar-refractivity contribution in [1.29, 1.82) is 0 Å². The van der Waals surface area contributed by atoms with Gasteiger partial charge >= 0.3 is 0 Å². The van der Waals surface area contributed by atoms with E-state index in [1.165, 1.54) is 19.3 Å². The average Bonchev–Trinajstić information content (AvgIpc) is 1.88. The molecule has 0 atom stereocenters. The molecule has 0 aliphatic heterocycles. The highest BCUT2D eigenvalue weighted by atomic mass is 16.8. The van der Waals surface area contributed by atoms with Crippen LogP contribution in [0.25, 0.3) is 0 Å². The summed E-state index contributed by atoms with van der Waals surface area (Å²) in [5, 5.41) is 16.8. The molecule has 0 bridgehead atoms. The van der Waals surface area contributed by atoms with Crippen LogP contribution in [-0.2, 0) is 0 Å². The van der Waals surface area contributed by atoms with Crippen molar-refractivity contribution in [2.75, 3.05) is 0 Å². The van der Waals surface area contributed by atoms with Crippen LogP contribution in [0.5, 0.6) is 0 Å². The Morgan fingerprint density at radius 1 is 1.10 bits per heavy atom. The zero-order chi connectivity index (χ0) is 7.40. The van der Waals surface area contributed by atoms with Crippen molar-refractivity contribution in [2.45, 2.75) is 38.1 Å². The highest BCUT2D eigenvalue weighted by Crippen LogP contribution is 2.16. The minimum atomic E-state index is 0.0655. The normalized spacial score (nSPS) is 21.9. The lowest BCUT2D eigenvalue weighted by molar-refractivity contribution is -0.348. The second-order valence-electron chi connectivity index (χ2n) is 2.75. The van der Waals surface area contributed by atoms with E-state index in [4.69, 9.17) is 10.4 Å². The van der Waals surface area contributed by atoms with E-state index in [0.717, 1.165) is 12.8 Å². The molecule has 4 heteroatoms. The first kappa shape index (κ1) is 7.94. The molecule has 0 aromatic heterocycles. The van der Waals surface area contributed by atoms with E-state index in [9.17, 15) is 0 Å². The molecule has 0 unspecified atom stereocenters. The van der Waals surface area contributed by atoms with Crippen LogP contribution < -0.4 is 5.43 Å². The zero-order valence-electron chi connectivity index (χ0n) is 5.95. The van der Waals surface area contributed by atoms with Gasteiger partial charge in [0.25, 0.3) is 0 Å². The summed E-state index contributed by atoms with van der Waals surface area (Å²) < 4.78 is 0. The van der Waals surface area contributed by atoms with E-state index in [2.05, 4.69) is 5.43 Å². The largest absolute Gasteiger partial charge is 0.276 e. The van der Waals surface area contributed by atoms with Gasteiger partial charge < -0.3 is 0 Å². The monoisotopic (exact) mass is 146 g/mol. The smallest absolute Gasteiger partial charge is 0.0260 e. The van der Waals surface area contributed by atoms with E-state index in [-0.39, 0.29) is 11.4 Å². The predicted octanol–water partition coefficient (Wildman–Crippen LogP) is 0.904. The number of hydrogen-bond acceptors (Lipinski definition) is 4. The van der Waals surface area contributed by atoms with Crippen molar-refractivity contribution in [3.8, 4) is 0 Å². The lowest BCUT2D eigenvalue weighted by atomic mass is 9.96. The second kappa shape index (κ2) is 3.88. The SMILES string of the molecule is ON(O)NC1CCCCC1. The molecule has 0 radical (unpaired) electrons. The van der Waals surface area contributed by atoms with Gasteiger partial charge in [-0.1, -0.05) is 19.3 Å². The number of rotatable bonds is 2. The lowest BCUT2D eigenvalue weighted by Crippen LogP contribution is -2.41. The third-order valence-corrected chi connectivity index (χ3v) is 1.90. The molecular formula is C6H14N2O2. The third-order valence-electron chi connectivity index (χ3n) is 1.90. The summed E-state index contributed by atoms with van der Waals surface area (Å²) in [6.07, 6.45) is 5.72. The minimum Gasteiger partial charge on any atom is -0.276 e. The van der Waals surface area contributed by atoms with Gasteiger partial charge in [-0.3, -0.25) is 10.4 Å². The Balaban J connectivity index is 2.13. The van der Waals surface area contributed by atoms with Gasteiger partial charge in [0.2, 0.25) is 0 Å². The molecule has 1 rings (SSSR count). The van der Waals surface area contributed by atoms with Gasteiger partial charge in [0.15, 0.2) is 0 Å². The van der Waals surface area contributed by atoms with E-state index in [0.29, 0.717) is 0 Å². The van der Waals surface area contributed by atoms with Crippen molar-refractivity contribution in [1.82, 2.24) is 10.8 Å². The molecule has 60 valence electrons. The van der Waals surface area contributed by atoms with Crippen molar-refractivity contribution in [2.24, 2.45) is 0 Å². The Bertz CT molecular complexity index is 91.7. The summed E-state index contributed by atoms with van der Waals surface area (Å²) in [5.74, 6) is 0. The van der Waals surface area contributed by atoms with Gasteiger partial charge in [-0.05, 0) is 12.8 Å².